The van der Waals surface area contributed by atoms with Gasteiger partial charge in [-0.25, -0.2) is 9.67 Å². The van der Waals surface area contributed by atoms with Crippen molar-refractivity contribution >= 4 is 17.5 Å². The topological polar surface area (TPSA) is 80.6 Å². The van der Waals surface area contributed by atoms with Crippen molar-refractivity contribution in [1.82, 2.24) is 19.7 Å². The second-order valence-electron chi connectivity index (χ2n) is 10.4. The van der Waals surface area contributed by atoms with E-state index in [1.807, 2.05) is 65.3 Å². The molecule has 4 rings (SSSR count). The Balaban J connectivity index is 1.64. The number of carbonyl (C=O) groups excluding carboxylic acids is 2. The molecule has 0 bridgehead atoms. The van der Waals surface area contributed by atoms with E-state index < -0.39 is 0 Å². The molecule has 8 heteroatoms. The molecule has 202 valence electrons. The molecule has 1 aliphatic rings. The molecule has 2 aromatic carbocycles. The van der Waals surface area contributed by atoms with E-state index in [1.165, 1.54) is 0 Å². The van der Waals surface area contributed by atoms with Crippen molar-refractivity contribution in [2.45, 2.75) is 65.8 Å². The molecule has 0 saturated carbocycles. The van der Waals surface area contributed by atoms with Crippen LogP contribution in [0, 0.1) is 12.8 Å². The molecule has 0 fully saturated rings. The molecular formula is C30H39N5O3. The summed E-state index contributed by atoms with van der Waals surface area (Å²) in [4.78, 5) is 35.3. The summed E-state index contributed by atoms with van der Waals surface area (Å²) in [5.74, 6) is 1.78. The number of hydrogen-bond acceptors (Lipinski definition) is 5. The minimum absolute atomic E-state index is 0.137. The monoisotopic (exact) mass is 517 g/mol. The second-order valence-corrected chi connectivity index (χ2v) is 10.4. The van der Waals surface area contributed by atoms with Gasteiger partial charge < -0.3 is 14.5 Å². The molecule has 0 N–H and O–H groups in total. The average Bonchev–Trinajstić information content (AvgIpc) is 3.29. The molecule has 0 spiro atoms. The normalized spacial score (nSPS) is 15.0. The lowest BCUT2D eigenvalue weighted by molar-refractivity contribution is -0.119. The first-order chi connectivity index (χ1) is 18.4. The van der Waals surface area contributed by atoms with E-state index in [9.17, 15) is 9.59 Å². The maximum Gasteiger partial charge on any atom is 0.293 e. The Labute approximate surface area is 225 Å². The van der Waals surface area contributed by atoms with Crippen molar-refractivity contribution in [3.63, 3.8) is 0 Å². The van der Waals surface area contributed by atoms with Crippen LogP contribution >= 0.6 is 0 Å². The third-order valence-corrected chi connectivity index (χ3v) is 6.90. The first-order valence-electron chi connectivity index (χ1n) is 13.6. The van der Waals surface area contributed by atoms with Gasteiger partial charge in [0, 0.05) is 31.7 Å². The number of rotatable bonds is 5. The number of anilines is 1. The summed E-state index contributed by atoms with van der Waals surface area (Å²) in [5.41, 5.74) is 2.67. The van der Waals surface area contributed by atoms with Crippen LogP contribution in [-0.2, 0) is 11.3 Å². The Morgan fingerprint density at radius 1 is 0.947 bits per heavy atom. The highest BCUT2D eigenvalue weighted by molar-refractivity contribution is 5.94. The minimum atomic E-state index is -0.202. The molecule has 38 heavy (non-hydrogen) atoms. The SMILES string of the molecule is COc1ccc(-n2nc(C(=O)N3CCCCCCCN(C(=O)CC(C)C)c4ccccc4C3)nc2C)cc1. The van der Waals surface area contributed by atoms with Gasteiger partial charge in [0.25, 0.3) is 5.91 Å². The van der Waals surface area contributed by atoms with Crippen LogP contribution < -0.4 is 9.64 Å². The molecule has 0 saturated heterocycles. The highest BCUT2D eigenvalue weighted by Gasteiger charge is 2.25. The van der Waals surface area contributed by atoms with Crippen LogP contribution in [0.3, 0.4) is 0 Å². The van der Waals surface area contributed by atoms with E-state index in [2.05, 4.69) is 23.9 Å². The molecule has 1 aromatic heterocycles. The fourth-order valence-corrected chi connectivity index (χ4v) is 4.90. The smallest absolute Gasteiger partial charge is 0.293 e. The Kier molecular flexibility index (Phi) is 9.15. The molecule has 2 amide bonds. The van der Waals surface area contributed by atoms with Crippen molar-refractivity contribution in [2.24, 2.45) is 5.92 Å². The predicted octanol–water partition coefficient (Wildman–Crippen LogP) is 5.57. The Bertz CT molecular complexity index is 1230. The summed E-state index contributed by atoms with van der Waals surface area (Å²) in [6.45, 7) is 7.70. The van der Waals surface area contributed by atoms with Gasteiger partial charge in [0.05, 0.1) is 12.8 Å². The number of fused-ring (bicyclic) bond motifs is 1. The largest absolute Gasteiger partial charge is 0.497 e. The van der Waals surface area contributed by atoms with E-state index in [0.29, 0.717) is 31.9 Å². The zero-order valence-electron chi connectivity index (χ0n) is 23.0. The third kappa shape index (κ3) is 6.60. The van der Waals surface area contributed by atoms with Crippen molar-refractivity contribution in [3.8, 4) is 11.4 Å². The van der Waals surface area contributed by atoms with Gasteiger partial charge in [-0.3, -0.25) is 9.59 Å². The van der Waals surface area contributed by atoms with E-state index >= 15 is 0 Å². The number of aryl methyl sites for hydroxylation is 1. The minimum Gasteiger partial charge on any atom is -0.497 e. The number of carbonyl (C=O) groups is 2. The summed E-state index contributed by atoms with van der Waals surface area (Å²) >= 11 is 0. The molecular weight excluding hydrogens is 478 g/mol. The number of methoxy groups -OCH3 is 1. The summed E-state index contributed by atoms with van der Waals surface area (Å²) < 4.78 is 6.94. The van der Waals surface area contributed by atoms with Crippen molar-refractivity contribution in [2.75, 3.05) is 25.1 Å². The second kappa shape index (κ2) is 12.7. The van der Waals surface area contributed by atoms with Gasteiger partial charge in [-0.15, -0.1) is 5.10 Å². The number of nitrogens with zero attached hydrogens (tertiary/aromatic N) is 5. The molecule has 3 aromatic rings. The van der Waals surface area contributed by atoms with Crippen LogP contribution in [-0.4, -0.2) is 51.7 Å². The number of hydrogen-bond donors (Lipinski definition) is 0. The standard InChI is InChI=1S/C30H39N5O3/c1-22(2)20-28(36)34-19-11-7-5-6-10-18-33(21-24-12-8-9-13-27(24)34)30(37)29-31-23(3)35(32-29)25-14-16-26(38-4)17-15-25/h8-9,12-17,22H,5-7,10-11,18-21H2,1-4H3. The quantitative estimate of drug-likeness (QED) is 0.442. The number of para-hydroxylation sites is 1. The summed E-state index contributed by atoms with van der Waals surface area (Å²) in [6.07, 6.45) is 5.59. The lowest BCUT2D eigenvalue weighted by atomic mass is 10.0. The predicted molar refractivity (Wildman–Crippen MR) is 149 cm³/mol. The van der Waals surface area contributed by atoms with Crippen molar-refractivity contribution in [1.29, 1.82) is 0 Å². The summed E-state index contributed by atoms with van der Waals surface area (Å²) in [7, 11) is 1.63. The van der Waals surface area contributed by atoms with Gasteiger partial charge >= 0.3 is 0 Å². The Hall–Kier alpha value is -3.68. The van der Waals surface area contributed by atoms with Crippen LogP contribution in [0.1, 0.15) is 74.4 Å². The number of benzene rings is 2. The first kappa shape index (κ1) is 27.4. The van der Waals surface area contributed by atoms with E-state index in [4.69, 9.17) is 4.74 Å². The van der Waals surface area contributed by atoms with Crippen LogP contribution in [0.5, 0.6) is 5.75 Å². The maximum absolute atomic E-state index is 13.8. The Morgan fingerprint density at radius 2 is 1.63 bits per heavy atom. The number of aromatic nitrogens is 3. The Morgan fingerprint density at radius 3 is 2.34 bits per heavy atom. The van der Waals surface area contributed by atoms with Crippen molar-refractivity contribution < 1.29 is 14.3 Å². The van der Waals surface area contributed by atoms with Crippen molar-refractivity contribution in [3.05, 3.63) is 65.7 Å². The van der Waals surface area contributed by atoms with Gasteiger partial charge in [-0.05, 0) is 61.6 Å². The van der Waals surface area contributed by atoms with Gasteiger partial charge in [0.15, 0.2) is 0 Å². The summed E-state index contributed by atoms with van der Waals surface area (Å²) in [5, 5.41) is 4.58. The summed E-state index contributed by atoms with van der Waals surface area (Å²) in [6, 6.07) is 15.5. The fourth-order valence-electron chi connectivity index (χ4n) is 4.90. The molecule has 0 radical (unpaired) electrons. The zero-order valence-corrected chi connectivity index (χ0v) is 23.0. The lowest BCUT2D eigenvalue weighted by Crippen LogP contribution is -2.36. The molecule has 1 aliphatic heterocycles. The fraction of sp³-hybridized carbons (Fsp3) is 0.467. The van der Waals surface area contributed by atoms with Gasteiger partial charge in [-0.1, -0.05) is 51.3 Å². The number of ether oxygens (including phenoxy) is 1. The van der Waals surface area contributed by atoms with E-state index in [1.54, 1.807) is 11.8 Å². The van der Waals surface area contributed by atoms with Crippen LogP contribution in [0.25, 0.3) is 5.69 Å². The van der Waals surface area contributed by atoms with E-state index in [0.717, 1.165) is 54.8 Å². The number of amides is 2. The first-order valence-corrected chi connectivity index (χ1v) is 13.6. The highest BCUT2D eigenvalue weighted by atomic mass is 16.5. The highest BCUT2D eigenvalue weighted by Crippen LogP contribution is 2.26. The molecule has 8 nitrogen and oxygen atoms in total. The van der Waals surface area contributed by atoms with Gasteiger partial charge in [-0.2, -0.15) is 0 Å². The molecule has 0 unspecified atom stereocenters. The van der Waals surface area contributed by atoms with Crippen LogP contribution in [0.4, 0.5) is 5.69 Å². The molecule has 2 heterocycles. The molecule has 0 atom stereocenters. The zero-order chi connectivity index (χ0) is 27.1. The third-order valence-electron chi connectivity index (χ3n) is 6.90. The van der Waals surface area contributed by atoms with Gasteiger partial charge in [0.1, 0.15) is 11.6 Å². The van der Waals surface area contributed by atoms with Gasteiger partial charge in [0.2, 0.25) is 11.7 Å². The van der Waals surface area contributed by atoms with E-state index in [-0.39, 0.29) is 23.6 Å². The molecule has 0 aliphatic carbocycles. The maximum atomic E-state index is 13.8. The van der Waals surface area contributed by atoms with Crippen LogP contribution in [0.2, 0.25) is 0 Å². The van der Waals surface area contributed by atoms with Crippen LogP contribution in [0.15, 0.2) is 48.5 Å². The average molecular weight is 518 g/mol. The lowest BCUT2D eigenvalue weighted by Gasteiger charge is -2.29.